The topological polar surface area (TPSA) is 59.2 Å². The number of nitrogens with zero attached hydrogens (tertiary/aromatic N) is 3. The van der Waals surface area contributed by atoms with Crippen LogP contribution in [0.3, 0.4) is 0 Å². The number of aryl methyl sites for hydroxylation is 1. The molecule has 1 aliphatic carbocycles. The van der Waals surface area contributed by atoms with Crippen LogP contribution in [0.15, 0.2) is 4.63 Å². The van der Waals surface area contributed by atoms with E-state index in [1.165, 1.54) is 0 Å². The molecule has 1 aromatic rings. The van der Waals surface area contributed by atoms with Gasteiger partial charge in [-0.2, -0.15) is 0 Å². The van der Waals surface area contributed by atoms with Crippen LogP contribution < -0.4 is 0 Å². The zero-order valence-corrected chi connectivity index (χ0v) is 7.65. The molecule has 5 heteroatoms. The molecule has 13 heavy (non-hydrogen) atoms. The van der Waals surface area contributed by atoms with Crippen LogP contribution in [-0.4, -0.2) is 34.2 Å². The maximum absolute atomic E-state index is 11.7. The molecule has 0 atom stereocenters. The number of aromatic nitrogens is 2. The summed E-state index contributed by atoms with van der Waals surface area (Å²) < 4.78 is 4.47. The third-order valence-corrected chi connectivity index (χ3v) is 2.27. The van der Waals surface area contributed by atoms with Crippen molar-refractivity contribution in [2.24, 2.45) is 0 Å². The van der Waals surface area contributed by atoms with Gasteiger partial charge in [-0.25, -0.2) is 4.63 Å². The van der Waals surface area contributed by atoms with Crippen LogP contribution in [0.4, 0.5) is 0 Å². The molecule has 0 unspecified atom stereocenters. The van der Waals surface area contributed by atoms with E-state index in [9.17, 15) is 4.79 Å². The van der Waals surface area contributed by atoms with Gasteiger partial charge in [0.25, 0.3) is 5.91 Å². The molecule has 0 aromatic carbocycles. The van der Waals surface area contributed by atoms with Crippen LogP contribution in [0.2, 0.25) is 0 Å². The van der Waals surface area contributed by atoms with Crippen LogP contribution in [-0.2, 0) is 0 Å². The van der Waals surface area contributed by atoms with Crippen molar-refractivity contribution in [1.29, 1.82) is 0 Å². The first-order chi connectivity index (χ1) is 6.20. The fourth-order valence-electron chi connectivity index (χ4n) is 1.22. The van der Waals surface area contributed by atoms with E-state index in [0.29, 0.717) is 17.4 Å². The average Bonchev–Trinajstić information content (AvgIpc) is 2.87. The Morgan fingerprint density at radius 1 is 1.54 bits per heavy atom. The van der Waals surface area contributed by atoms with Crippen molar-refractivity contribution in [3.8, 4) is 0 Å². The van der Waals surface area contributed by atoms with Gasteiger partial charge in [0.05, 0.1) is 0 Å². The van der Waals surface area contributed by atoms with Gasteiger partial charge in [-0.1, -0.05) is 5.16 Å². The van der Waals surface area contributed by atoms with E-state index in [-0.39, 0.29) is 5.91 Å². The molecule has 1 aromatic heterocycles. The summed E-state index contributed by atoms with van der Waals surface area (Å²) in [6, 6.07) is 0.392. The van der Waals surface area contributed by atoms with Crippen molar-refractivity contribution in [3.63, 3.8) is 0 Å². The molecule has 0 radical (unpaired) electrons. The minimum absolute atomic E-state index is 0.0961. The van der Waals surface area contributed by atoms with E-state index in [1.54, 1.807) is 18.9 Å². The van der Waals surface area contributed by atoms with Gasteiger partial charge in [0, 0.05) is 13.1 Å². The third kappa shape index (κ3) is 1.41. The Morgan fingerprint density at radius 2 is 2.23 bits per heavy atom. The molecule has 0 spiro atoms. The van der Waals surface area contributed by atoms with Crippen LogP contribution in [0.25, 0.3) is 0 Å². The molecule has 2 rings (SSSR count). The summed E-state index contributed by atoms with van der Waals surface area (Å²) in [4.78, 5) is 13.4. The molecule has 1 saturated carbocycles. The molecular weight excluding hydrogens is 170 g/mol. The molecule has 0 saturated heterocycles. The molecule has 70 valence electrons. The first kappa shape index (κ1) is 8.22. The molecule has 1 heterocycles. The summed E-state index contributed by atoms with van der Waals surface area (Å²) in [5, 5.41) is 7.14. The molecule has 0 aliphatic heterocycles. The van der Waals surface area contributed by atoms with Crippen molar-refractivity contribution < 1.29 is 9.42 Å². The number of carbonyl (C=O) groups is 1. The summed E-state index contributed by atoms with van der Waals surface area (Å²) in [7, 11) is 1.79. The van der Waals surface area contributed by atoms with Gasteiger partial charge in [0.15, 0.2) is 5.69 Å². The van der Waals surface area contributed by atoms with Crippen LogP contribution in [0.1, 0.15) is 29.0 Å². The zero-order chi connectivity index (χ0) is 9.42. The number of hydrogen-bond acceptors (Lipinski definition) is 4. The molecule has 1 fully saturated rings. The van der Waals surface area contributed by atoms with Crippen molar-refractivity contribution in [3.05, 3.63) is 11.4 Å². The highest BCUT2D eigenvalue weighted by Crippen LogP contribution is 2.26. The smallest absolute Gasteiger partial charge is 0.278 e. The van der Waals surface area contributed by atoms with E-state index < -0.39 is 0 Å². The summed E-state index contributed by atoms with van der Waals surface area (Å²) in [5.41, 5.74) is 0.881. The Balaban J connectivity index is 2.16. The molecule has 1 amide bonds. The van der Waals surface area contributed by atoms with E-state index in [1.807, 2.05) is 0 Å². The second-order valence-electron chi connectivity index (χ2n) is 3.35. The normalized spacial score (nSPS) is 15.8. The Morgan fingerprint density at radius 3 is 2.69 bits per heavy atom. The van der Waals surface area contributed by atoms with Gasteiger partial charge >= 0.3 is 0 Å². The highest BCUT2D eigenvalue weighted by molar-refractivity contribution is 5.93. The Hall–Kier alpha value is -1.39. The lowest BCUT2D eigenvalue weighted by molar-refractivity contribution is 0.0773. The summed E-state index contributed by atoms with van der Waals surface area (Å²) in [5.74, 6) is -0.0961. The fraction of sp³-hybridized carbons (Fsp3) is 0.625. The summed E-state index contributed by atoms with van der Waals surface area (Å²) >= 11 is 0. The minimum atomic E-state index is -0.0961. The van der Waals surface area contributed by atoms with Crippen molar-refractivity contribution in [2.45, 2.75) is 25.8 Å². The maximum atomic E-state index is 11.7. The number of carbonyl (C=O) groups excluding carboxylic acids is 1. The minimum Gasteiger partial charge on any atom is -0.337 e. The predicted octanol–water partition coefficient (Wildman–Crippen LogP) is 0.612. The van der Waals surface area contributed by atoms with Gasteiger partial charge in [-0.15, -0.1) is 0 Å². The summed E-state index contributed by atoms with van der Waals surface area (Å²) in [6.45, 7) is 1.71. The average molecular weight is 181 g/mol. The SMILES string of the molecule is Cc1nonc1C(=O)N(C)C1CC1. The van der Waals surface area contributed by atoms with Crippen molar-refractivity contribution >= 4 is 5.91 Å². The highest BCUT2D eigenvalue weighted by Gasteiger charge is 2.32. The molecule has 0 N–H and O–H groups in total. The number of hydrogen-bond donors (Lipinski definition) is 0. The van der Waals surface area contributed by atoms with Gasteiger partial charge in [0.2, 0.25) is 0 Å². The van der Waals surface area contributed by atoms with Crippen molar-refractivity contribution in [1.82, 2.24) is 15.2 Å². The number of rotatable bonds is 2. The molecular formula is C8H11N3O2. The molecule has 1 aliphatic rings. The van der Waals surface area contributed by atoms with Gasteiger partial charge in [-0.3, -0.25) is 4.79 Å². The maximum Gasteiger partial charge on any atom is 0.278 e. The van der Waals surface area contributed by atoms with Crippen LogP contribution in [0.5, 0.6) is 0 Å². The fourth-order valence-corrected chi connectivity index (χ4v) is 1.22. The van der Waals surface area contributed by atoms with E-state index >= 15 is 0 Å². The zero-order valence-electron chi connectivity index (χ0n) is 7.65. The first-order valence-corrected chi connectivity index (χ1v) is 4.26. The van der Waals surface area contributed by atoms with Crippen LogP contribution in [0, 0.1) is 6.92 Å². The van der Waals surface area contributed by atoms with E-state index in [2.05, 4.69) is 14.9 Å². The van der Waals surface area contributed by atoms with E-state index in [0.717, 1.165) is 12.8 Å². The van der Waals surface area contributed by atoms with Crippen molar-refractivity contribution in [2.75, 3.05) is 7.05 Å². The Kier molecular flexibility index (Phi) is 1.79. The monoisotopic (exact) mass is 181 g/mol. The first-order valence-electron chi connectivity index (χ1n) is 4.26. The standard InChI is InChI=1S/C8H11N3O2/c1-5-7(10-13-9-5)8(12)11(2)6-3-4-6/h6H,3-4H2,1-2H3. The molecule has 0 bridgehead atoms. The highest BCUT2D eigenvalue weighted by atomic mass is 16.6. The van der Waals surface area contributed by atoms with Gasteiger partial charge in [-0.05, 0) is 24.9 Å². The predicted molar refractivity (Wildman–Crippen MR) is 44.2 cm³/mol. The van der Waals surface area contributed by atoms with Crippen LogP contribution >= 0.6 is 0 Å². The lowest BCUT2D eigenvalue weighted by Crippen LogP contribution is -2.29. The van der Waals surface area contributed by atoms with E-state index in [4.69, 9.17) is 0 Å². The van der Waals surface area contributed by atoms with Gasteiger partial charge in [0.1, 0.15) is 5.69 Å². The number of amides is 1. The Labute approximate surface area is 75.7 Å². The largest absolute Gasteiger partial charge is 0.337 e. The summed E-state index contributed by atoms with van der Waals surface area (Å²) in [6.07, 6.45) is 2.18. The lowest BCUT2D eigenvalue weighted by Gasteiger charge is -2.13. The third-order valence-electron chi connectivity index (χ3n) is 2.27. The van der Waals surface area contributed by atoms with Gasteiger partial charge < -0.3 is 4.90 Å². The molecule has 5 nitrogen and oxygen atoms in total. The quantitative estimate of drug-likeness (QED) is 0.670. The second kappa shape index (κ2) is 2.83. The second-order valence-corrected chi connectivity index (χ2v) is 3.35. The Bertz CT molecular complexity index is 330. The lowest BCUT2D eigenvalue weighted by atomic mass is 10.3.